The molecule has 1 aliphatic heterocycles. The highest BCUT2D eigenvalue weighted by Gasteiger charge is 2.44. The molecule has 0 spiro atoms. The van der Waals surface area contributed by atoms with Gasteiger partial charge >= 0.3 is 0 Å². The average molecular weight is 1070 g/mol. The molecular formula is C64H125NO10. The molecule has 0 aromatic carbocycles. The molecule has 1 amide bonds. The first kappa shape index (κ1) is 71.9. The van der Waals surface area contributed by atoms with Gasteiger partial charge in [0.25, 0.3) is 0 Å². The van der Waals surface area contributed by atoms with E-state index in [1.807, 2.05) is 0 Å². The number of aliphatic hydroxyl groups excluding tert-OH is 7. The van der Waals surface area contributed by atoms with Crippen LogP contribution in [0.2, 0.25) is 0 Å². The van der Waals surface area contributed by atoms with Crippen molar-refractivity contribution in [3.63, 3.8) is 0 Å². The summed E-state index contributed by atoms with van der Waals surface area (Å²) in [6.07, 6.45) is 52.7. The van der Waals surface area contributed by atoms with Crippen LogP contribution in [0.1, 0.15) is 322 Å². The topological polar surface area (TPSA) is 189 Å². The lowest BCUT2D eigenvalue weighted by Crippen LogP contribution is -2.60. The summed E-state index contributed by atoms with van der Waals surface area (Å²) in [5, 5.41) is 76.4. The van der Waals surface area contributed by atoms with E-state index in [2.05, 4.69) is 31.3 Å². The number of carbonyl (C=O) groups excluding carboxylic acids is 1. The van der Waals surface area contributed by atoms with Crippen LogP contribution in [-0.2, 0) is 14.3 Å². The highest BCUT2D eigenvalue weighted by Crippen LogP contribution is 2.24. The van der Waals surface area contributed by atoms with E-state index < -0.39 is 74.2 Å². The molecule has 0 aromatic rings. The highest BCUT2D eigenvalue weighted by molar-refractivity contribution is 5.80. The summed E-state index contributed by atoms with van der Waals surface area (Å²) in [5.74, 6) is -0.692. The first-order valence-corrected chi connectivity index (χ1v) is 32.6. The predicted octanol–water partition coefficient (Wildman–Crippen LogP) is 14.7. The molecule has 0 radical (unpaired) electrons. The molecular weight excluding hydrogens is 943 g/mol. The molecule has 9 unspecified atom stereocenters. The molecule has 1 rings (SSSR count). The molecule has 11 heteroatoms. The maximum Gasteiger partial charge on any atom is 0.249 e. The van der Waals surface area contributed by atoms with Crippen molar-refractivity contribution in [3.05, 3.63) is 12.2 Å². The SMILES string of the molecule is CCCCCCCCCCCCCC/C=C\CCCCCCCCCCCCC(O)C(=O)NC(COC1OC(CO)C(O)C(O)C1O)C(O)C(O)CCCCCCCCCCCCCCCCCCCCCCCC. The maximum atomic E-state index is 13.2. The van der Waals surface area contributed by atoms with Crippen molar-refractivity contribution in [2.75, 3.05) is 13.2 Å². The molecule has 1 fully saturated rings. The molecule has 0 bridgehead atoms. The lowest BCUT2D eigenvalue weighted by molar-refractivity contribution is -0.303. The number of carbonyl (C=O) groups is 1. The number of hydrogen-bond acceptors (Lipinski definition) is 10. The number of ether oxygens (including phenoxy) is 2. The van der Waals surface area contributed by atoms with Crippen LogP contribution < -0.4 is 5.32 Å². The third-order valence-corrected chi connectivity index (χ3v) is 16.1. The monoisotopic (exact) mass is 1070 g/mol. The molecule has 9 atom stereocenters. The minimum atomic E-state index is -1.66. The fraction of sp³-hybridized carbons (Fsp3) is 0.953. The summed E-state index contributed by atoms with van der Waals surface area (Å²) >= 11 is 0. The Morgan fingerprint density at radius 2 is 0.773 bits per heavy atom. The number of amides is 1. The summed E-state index contributed by atoms with van der Waals surface area (Å²) in [5.41, 5.74) is 0. The van der Waals surface area contributed by atoms with Gasteiger partial charge in [0.05, 0.1) is 25.4 Å². The number of nitrogens with one attached hydrogen (secondary N) is 1. The molecule has 11 nitrogen and oxygen atoms in total. The van der Waals surface area contributed by atoms with Crippen molar-refractivity contribution in [1.29, 1.82) is 0 Å². The lowest BCUT2D eigenvalue weighted by Gasteiger charge is -2.40. The van der Waals surface area contributed by atoms with Gasteiger partial charge in [-0.2, -0.15) is 0 Å². The van der Waals surface area contributed by atoms with E-state index in [0.29, 0.717) is 19.3 Å². The largest absolute Gasteiger partial charge is 0.394 e. The summed E-state index contributed by atoms with van der Waals surface area (Å²) in [4.78, 5) is 13.2. The molecule has 1 aliphatic rings. The number of unbranched alkanes of at least 4 members (excludes halogenated alkanes) is 43. The van der Waals surface area contributed by atoms with Crippen molar-refractivity contribution >= 4 is 5.91 Å². The Labute approximate surface area is 462 Å². The molecule has 8 N–H and O–H groups in total. The molecule has 0 aromatic heterocycles. The van der Waals surface area contributed by atoms with E-state index >= 15 is 0 Å². The van der Waals surface area contributed by atoms with Crippen molar-refractivity contribution in [1.82, 2.24) is 5.32 Å². The second kappa shape index (κ2) is 53.5. The predicted molar refractivity (Wildman–Crippen MR) is 312 cm³/mol. The van der Waals surface area contributed by atoms with E-state index in [1.54, 1.807) is 0 Å². The summed E-state index contributed by atoms with van der Waals surface area (Å²) in [7, 11) is 0. The Balaban J connectivity index is 2.24. The quantitative estimate of drug-likeness (QED) is 0.0215. The fourth-order valence-corrected chi connectivity index (χ4v) is 10.8. The van der Waals surface area contributed by atoms with E-state index in [4.69, 9.17) is 9.47 Å². The summed E-state index contributed by atoms with van der Waals surface area (Å²) in [6.45, 7) is 3.51. The van der Waals surface area contributed by atoms with Gasteiger partial charge in [-0.15, -0.1) is 0 Å². The third-order valence-electron chi connectivity index (χ3n) is 16.1. The van der Waals surface area contributed by atoms with Gasteiger partial charge in [0.2, 0.25) is 5.91 Å². The minimum absolute atomic E-state index is 0.262. The fourth-order valence-electron chi connectivity index (χ4n) is 10.8. The van der Waals surface area contributed by atoms with Gasteiger partial charge in [0.1, 0.15) is 36.6 Å². The molecule has 75 heavy (non-hydrogen) atoms. The standard InChI is InChI=1S/C64H125NO10/c1-3-5-7-9-11-13-15-17-19-21-23-25-27-28-29-30-32-34-36-38-40-42-44-46-48-50-52-57(68)63(73)65-55(54-74-64-62(72)61(71)60(70)58(53-66)75-64)59(69)56(67)51-49-47-45-43-41-39-37-35-33-31-26-24-22-20-18-16-14-12-10-8-6-4-2/h28-29,55-62,64,66-72H,3-27,30-54H2,1-2H3,(H,65,73)/b29-28-. The van der Waals surface area contributed by atoms with Crippen LogP contribution in [0.25, 0.3) is 0 Å². The number of hydrogen-bond donors (Lipinski definition) is 8. The molecule has 1 heterocycles. The Morgan fingerprint density at radius 1 is 0.453 bits per heavy atom. The Bertz CT molecular complexity index is 1220. The van der Waals surface area contributed by atoms with Gasteiger partial charge in [-0.05, 0) is 38.5 Å². The van der Waals surface area contributed by atoms with Gasteiger partial charge < -0.3 is 50.5 Å². The zero-order chi connectivity index (χ0) is 54.7. The van der Waals surface area contributed by atoms with Gasteiger partial charge in [0, 0.05) is 0 Å². The Morgan fingerprint density at radius 3 is 1.12 bits per heavy atom. The van der Waals surface area contributed by atoms with E-state index in [9.17, 15) is 40.5 Å². The summed E-state index contributed by atoms with van der Waals surface area (Å²) in [6, 6.07) is -1.17. The van der Waals surface area contributed by atoms with Gasteiger partial charge in [-0.1, -0.05) is 296 Å². The van der Waals surface area contributed by atoms with Crippen LogP contribution in [0.4, 0.5) is 0 Å². The van der Waals surface area contributed by atoms with E-state index in [1.165, 1.54) is 244 Å². The van der Waals surface area contributed by atoms with E-state index in [0.717, 1.165) is 38.5 Å². The Hall–Kier alpha value is -1.15. The van der Waals surface area contributed by atoms with Crippen molar-refractivity contribution in [2.24, 2.45) is 0 Å². The molecule has 0 saturated carbocycles. The molecule has 0 aliphatic carbocycles. The smallest absolute Gasteiger partial charge is 0.249 e. The maximum absolute atomic E-state index is 13.2. The summed E-state index contributed by atoms with van der Waals surface area (Å²) < 4.78 is 11.2. The number of allylic oxidation sites excluding steroid dienone is 2. The van der Waals surface area contributed by atoms with Crippen LogP contribution >= 0.6 is 0 Å². The van der Waals surface area contributed by atoms with E-state index in [-0.39, 0.29) is 6.42 Å². The van der Waals surface area contributed by atoms with Crippen molar-refractivity contribution in [3.8, 4) is 0 Å². The zero-order valence-corrected chi connectivity index (χ0v) is 49.1. The van der Waals surface area contributed by atoms with Crippen LogP contribution in [-0.4, -0.2) is 110 Å². The van der Waals surface area contributed by atoms with Gasteiger partial charge in [0.15, 0.2) is 6.29 Å². The minimum Gasteiger partial charge on any atom is -0.394 e. The van der Waals surface area contributed by atoms with Gasteiger partial charge in [-0.25, -0.2) is 0 Å². The normalized spacial score (nSPS) is 19.7. The zero-order valence-electron chi connectivity index (χ0n) is 49.1. The molecule has 1 saturated heterocycles. The lowest BCUT2D eigenvalue weighted by atomic mass is 9.98. The van der Waals surface area contributed by atoms with Crippen molar-refractivity contribution < 1.29 is 50.0 Å². The molecule has 446 valence electrons. The second-order valence-corrected chi connectivity index (χ2v) is 23.2. The third kappa shape index (κ3) is 41.5. The van der Waals surface area contributed by atoms with Crippen molar-refractivity contribution in [2.45, 2.75) is 377 Å². The Kier molecular flexibility index (Phi) is 51.3. The van der Waals surface area contributed by atoms with Crippen LogP contribution in [0.5, 0.6) is 0 Å². The first-order chi connectivity index (χ1) is 36.7. The van der Waals surface area contributed by atoms with Crippen LogP contribution in [0, 0.1) is 0 Å². The second-order valence-electron chi connectivity index (χ2n) is 23.2. The number of rotatable bonds is 57. The number of aliphatic hydroxyl groups is 7. The van der Waals surface area contributed by atoms with Crippen LogP contribution in [0.15, 0.2) is 12.2 Å². The van der Waals surface area contributed by atoms with Gasteiger partial charge in [-0.3, -0.25) is 4.79 Å². The average Bonchev–Trinajstić information content (AvgIpc) is 3.41. The van der Waals surface area contributed by atoms with Crippen LogP contribution in [0.3, 0.4) is 0 Å². The first-order valence-electron chi connectivity index (χ1n) is 32.6. The highest BCUT2D eigenvalue weighted by atomic mass is 16.7.